The molecule has 0 aliphatic rings. The second kappa shape index (κ2) is 11.8. The lowest BCUT2D eigenvalue weighted by molar-refractivity contribution is -0.159. The molecule has 0 atom stereocenters. The zero-order chi connectivity index (χ0) is 21.1. The molecule has 0 fully saturated rings. The summed E-state index contributed by atoms with van der Waals surface area (Å²) in [5.74, 6) is -3.92. The molecule has 0 aromatic heterocycles. The highest BCUT2D eigenvalue weighted by Crippen LogP contribution is 2.31. The summed E-state index contributed by atoms with van der Waals surface area (Å²) in [5, 5.41) is 14.8. The predicted molar refractivity (Wildman–Crippen MR) is 106 cm³/mol. The van der Waals surface area contributed by atoms with Crippen LogP contribution >= 0.6 is 11.8 Å². The fourth-order valence-corrected chi connectivity index (χ4v) is 3.10. The first-order valence-corrected chi connectivity index (χ1v) is 9.20. The average molecular weight is 405 g/mol. The van der Waals surface area contributed by atoms with Crippen LogP contribution in [0.25, 0.3) is 0 Å². The van der Waals surface area contributed by atoms with E-state index in [0.29, 0.717) is 12.2 Å². The van der Waals surface area contributed by atoms with Gasteiger partial charge in [0.2, 0.25) is 0 Å². The van der Waals surface area contributed by atoms with E-state index < -0.39 is 11.9 Å². The molecule has 0 aliphatic heterocycles. The Morgan fingerprint density at radius 3 is 2.21 bits per heavy atom. The highest BCUT2D eigenvalue weighted by Gasteiger charge is 2.09. The van der Waals surface area contributed by atoms with E-state index in [0.717, 1.165) is 11.4 Å². The van der Waals surface area contributed by atoms with Gasteiger partial charge in [-0.25, -0.2) is 14.4 Å². The van der Waals surface area contributed by atoms with E-state index in [1.807, 2.05) is 31.2 Å². The Labute approximate surface area is 167 Å². The molecule has 2 N–H and O–H groups in total. The maximum absolute atomic E-state index is 11.8. The number of esters is 1. The Morgan fingerprint density at radius 2 is 1.64 bits per heavy atom. The monoisotopic (exact) mass is 405 g/mol. The SMILES string of the molecule is CCOC(=O)c1cccc(Sc2ccccc2CN(C)C)c1.O=C(O)C(=O)O. The Morgan fingerprint density at radius 1 is 1.00 bits per heavy atom. The third-order valence-corrected chi connectivity index (χ3v) is 4.32. The summed E-state index contributed by atoms with van der Waals surface area (Å²) in [6.07, 6.45) is 0. The fourth-order valence-electron chi connectivity index (χ4n) is 2.10. The molecule has 2 aromatic carbocycles. The molecular weight excluding hydrogens is 382 g/mol. The summed E-state index contributed by atoms with van der Waals surface area (Å²) in [5.41, 5.74) is 1.87. The van der Waals surface area contributed by atoms with Gasteiger partial charge in [0.1, 0.15) is 0 Å². The van der Waals surface area contributed by atoms with Crippen molar-refractivity contribution in [2.24, 2.45) is 0 Å². The maximum atomic E-state index is 11.8. The lowest BCUT2D eigenvalue weighted by atomic mass is 10.2. The summed E-state index contributed by atoms with van der Waals surface area (Å²) >= 11 is 1.67. The molecule has 0 saturated carbocycles. The zero-order valence-electron chi connectivity index (χ0n) is 15.9. The lowest BCUT2D eigenvalue weighted by Gasteiger charge is -2.14. The molecule has 150 valence electrons. The van der Waals surface area contributed by atoms with E-state index >= 15 is 0 Å². The molecule has 0 aliphatic carbocycles. The average Bonchev–Trinajstić information content (AvgIpc) is 2.64. The van der Waals surface area contributed by atoms with Crippen LogP contribution in [-0.4, -0.2) is 53.7 Å². The molecule has 0 spiro atoms. The van der Waals surface area contributed by atoms with Gasteiger partial charge in [-0.05, 0) is 50.8 Å². The third-order valence-electron chi connectivity index (χ3n) is 3.22. The standard InChI is InChI=1S/C18H21NO2S.C2H2O4/c1-4-21-18(20)14-9-7-10-16(12-14)22-17-11-6-5-8-15(17)13-19(2)3;3-1(4)2(5)6/h5-12H,4,13H2,1-3H3;(H,3,4)(H,5,6). The van der Waals surface area contributed by atoms with Crippen molar-refractivity contribution in [3.05, 3.63) is 59.7 Å². The van der Waals surface area contributed by atoms with Crippen molar-refractivity contribution < 1.29 is 29.3 Å². The van der Waals surface area contributed by atoms with Crippen molar-refractivity contribution in [1.29, 1.82) is 0 Å². The fraction of sp³-hybridized carbons (Fsp3) is 0.250. The normalized spacial score (nSPS) is 10.0. The Kier molecular flexibility index (Phi) is 9.76. The van der Waals surface area contributed by atoms with E-state index in [1.165, 1.54) is 10.5 Å². The highest BCUT2D eigenvalue weighted by atomic mass is 32.2. The van der Waals surface area contributed by atoms with Gasteiger partial charge in [-0.15, -0.1) is 0 Å². The summed E-state index contributed by atoms with van der Waals surface area (Å²) in [6.45, 7) is 3.09. The second-order valence-electron chi connectivity index (χ2n) is 5.81. The van der Waals surface area contributed by atoms with E-state index in [-0.39, 0.29) is 5.97 Å². The number of aliphatic carboxylic acids is 2. The van der Waals surface area contributed by atoms with Gasteiger partial charge in [-0.3, -0.25) is 0 Å². The molecule has 28 heavy (non-hydrogen) atoms. The van der Waals surface area contributed by atoms with Gasteiger partial charge in [-0.2, -0.15) is 0 Å². The molecular formula is C20H23NO6S. The number of carbonyl (C=O) groups excluding carboxylic acids is 1. The largest absolute Gasteiger partial charge is 0.473 e. The minimum Gasteiger partial charge on any atom is -0.473 e. The van der Waals surface area contributed by atoms with Gasteiger partial charge in [0.05, 0.1) is 12.2 Å². The predicted octanol–water partition coefficient (Wildman–Crippen LogP) is 3.23. The molecule has 0 bridgehead atoms. The van der Waals surface area contributed by atoms with Gasteiger partial charge >= 0.3 is 17.9 Å². The van der Waals surface area contributed by atoms with Crippen LogP contribution in [-0.2, 0) is 20.9 Å². The van der Waals surface area contributed by atoms with E-state index in [9.17, 15) is 4.79 Å². The first-order valence-electron chi connectivity index (χ1n) is 8.38. The number of benzene rings is 2. The van der Waals surface area contributed by atoms with Crippen LogP contribution in [0.3, 0.4) is 0 Å². The smallest absolute Gasteiger partial charge is 0.414 e. The van der Waals surface area contributed by atoms with Gasteiger partial charge < -0.3 is 19.8 Å². The summed E-state index contributed by atoms with van der Waals surface area (Å²) in [4.78, 5) is 34.4. The molecule has 0 unspecified atom stereocenters. The van der Waals surface area contributed by atoms with Crippen molar-refractivity contribution in [1.82, 2.24) is 4.90 Å². The number of carboxylic acids is 2. The van der Waals surface area contributed by atoms with E-state index in [4.69, 9.17) is 24.5 Å². The quantitative estimate of drug-likeness (QED) is 0.558. The minimum absolute atomic E-state index is 0.272. The highest BCUT2D eigenvalue weighted by molar-refractivity contribution is 7.99. The third kappa shape index (κ3) is 8.24. The summed E-state index contributed by atoms with van der Waals surface area (Å²) in [6, 6.07) is 15.9. The summed E-state index contributed by atoms with van der Waals surface area (Å²) < 4.78 is 5.05. The molecule has 0 heterocycles. The van der Waals surface area contributed by atoms with E-state index in [2.05, 4.69) is 37.2 Å². The Bertz CT molecular complexity index is 810. The van der Waals surface area contributed by atoms with Gasteiger partial charge in [0, 0.05) is 16.3 Å². The second-order valence-corrected chi connectivity index (χ2v) is 6.92. The molecule has 2 aromatic rings. The Hall–Kier alpha value is -2.84. The van der Waals surface area contributed by atoms with Crippen molar-refractivity contribution in [2.75, 3.05) is 20.7 Å². The van der Waals surface area contributed by atoms with Crippen LogP contribution in [0.1, 0.15) is 22.8 Å². The first-order chi connectivity index (χ1) is 13.2. The van der Waals surface area contributed by atoms with Gasteiger partial charge in [0.15, 0.2) is 0 Å². The summed E-state index contributed by atoms with van der Waals surface area (Å²) in [7, 11) is 4.12. The van der Waals surface area contributed by atoms with Crippen molar-refractivity contribution in [3.63, 3.8) is 0 Å². The first kappa shape index (κ1) is 23.2. The lowest BCUT2D eigenvalue weighted by Crippen LogP contribution is -2.11. The number of hydrogen-bond acceptors (Lipinski definition) is 6. The number of hydrogen-bond donors (Lipinski definition) is 2. The van der Waals surface area contributed by atoms with Crippen molar-refractivity contribution in [2.45, 2.75) is 23.3 Å². The van der Waals surface area contributed by atoms with Gasteiger partial charge in [-0.1, -0.05) is 36.0 Å². The van der Waals surface area contributed by atoms with Gasteiger partial charge in [0.25, 0.3) is 0 Å². The van der Waals surface area contributed by atoms with Crippen molar-refractivity contribution >= 4 is 29.7 Å². The minimum atomic E-state index is -1.82. The molecule has 8 heteroatoms. The number of ether oxygens (including phenoxy) is 1. The maximum Gasteiger partial charge on any atom is 0.414 e. The number of nitrogens with zero attached hydrogens (tertiary/aromatic N) is 1. The molecule has 0 radical (unpaired) electrons. The molecule has 7 nitrogen and oxygen atoms in total. The topological polar surface area (TPSA) is 104 Å². The molecule has 2 rings (SSSR count). The van der Waals surface area contributed by atoms with E-state index in [1.54, 1.807) is 17.8 Å². The van der Waals surface area contributed by atoms with Crippen LogP contribution in [0.15, 0.2) is 58.3 Å². The number of rotatable bonds is 6. The van der Waals surface area contributed by atoms with Crippen molar-refractivity contribution in [3.8, 4) is 0 Å². The van der Waals surface area contributed by atoms with Crippen LogP contribution in [0.5, 0.6) is 0 Å². The Balaban J connectivity index is 0.000000568. The van der Waals surface area contributed by atoms with Crippen LogP contribution in [0.4, 0.5) is 0 Å². The van der Waals surface area contributed by atoms with Crippen LogP contribution in [0, 0.1) is 0 Å². The zero-order valence-corrected chi connectivity index (χ0v) is 16.7. The number of carbonyl (C=O) groups is 3. The molecule has 0 saturated heterocycles. The van der Waals surface area contributed by atoms with Crippen LogP contribution in [0.2, 0.25) is 0 Å². The molecule has 0 amide bonds. The number of carboxylic acid groups (broad SMARTS) is 2. The van der Waals surface area contributed by atoms with Crippen LogP contribution < -0.4 is 0 Å².